The zero-order valence-electron chi connectivity index (χ0n) is 13.3. The van der Waals surface area contributed by atoms with E-state index in [4.69, 9.17) is 5.73 Å². The first-order chi connectivity index (χ1) is 12.2. The molecule has 25 heavy (non-hydrogen) atoms. The quantitative estimate of drug-likeness (QED) is 0.476. The molecular weight excluding hydrogens is 340 g/mol. The number of nitrogens with two attached hydrogens (primary N) is 1. The minimum Gasteiger partial charge on any atom is -0.334 e. The van der Waals surface area contributed by atoms with Crippen molar-refractivity contribution in [3.63, 3.8) is 0 Å². The molecule has 0 radical (unpaired) electrons. The molecule has 3 N–H and O–H groups in total. The molecule has 0 aliphatic rings. The van der Waals surface area contributed by atoms with E-state index in [-0.39, 0.29) is 12.2 Å². The highest BCUT2D eigenvalue weighted by molar-refractivity contribution is 7.16. The van der Waals surface area contributed by atoms with Gasteiger partial charge in [-0.15, -0.1) is 10.2 Å². The molecule has 4 heterocycles. The molecule has 0 unspecified atom stereocenters. The lowest BCUT2D eigenvalue weighted by Gasteiger charge is -1.96. The number of aromatic amines is 1. The number of aryl methyl sites for hydroxylation is 2. The molecule has 0 saturated carbocycles. The number of Topliss-reactive ketones (excluding diaryl/α,β-unsaturated/α-hetero) is 1. The van der Waals surface area contributed by atoms with Crippen LogP contribution in [0.4, 0.5) is 0 Å². The van der Waals surface area contributed by atoms with E-state index in [9.17, 15) is 4.79 Å². The smallest absolute Gasteiger partial charge is 0.234 e. The number of hydrogen-bond donors (Lipinski definition) is 2. The van der Waals surface area contributed by atoms with Gasteiger partial charge in [0.15, 0.2) is 23.1 Å². The highest BCUT2D eigenvalue weighted by Gasteiger charge is 2.16. The summed E-state index contributed by atoms with van der Waals surface area (Å²) in [7, 11) is 0. The first-order valence-electron chi connectivity index (χ1n) is 7.98. The van der Waals surface area contributed by atoms with Gasteiger partial charge >= 0.3 is 0 Å². The van der Waals surface area contributed by atoms with Crippen LogP contribution in [0.15, 0.2) is 18.3 Å². The second-order valence-electron chi connectivity index (χ2n) is 5.58. The Bertz CT molecular complexity index is 1000. The highest BCUT2D eigenvalue weighted by atomic mass is 32.1. The van der Waals surface area contributed by atoms with E-state index in [1.165, 1.54) is 11.3 Å². The number of nitrogens with zero attached hydrogens (tertiary/aromatic N) is 6. The van der Waals surface area contributed by atoms with Crippen LogP contribution in [0.3, 0.4) is 0 Å². The Hall–Kier alpha value is -2.72. The van der Waals surface area contributed by atoms with Crippen molar-refractivity contribution in [2.24, 2.45) is 5.73 Å². The number of imidazole rings is 1. The number of pyridine rings is 1. The van der Waals surface area contributed by atoms with Gasteiger partial charge in [0.2, 0.25) is 4.96 Å². The summed E-state index contributed by atoms with van der Waals surface area (Å²) >= 11 is 1.50. The molecule has 4 rings (SSSR count). The predicted octanol–water partition coefficient (Wildman–Crippen LogP) is 1.16. The van der Waals surface area contributed by atoms with Crippen LogP contribution in [-0.4, -0.2) is 47.1 Å². The molecule has 0 fully saturated rings. The first-order valence-corrected chi connectivity index (χ1v) is 8.80. The topological polar surface area (TPSA) is 128 Å². The number of nitrogens with one attached hydrogen (secondary N) is 1. The Morgan fingerprint density at radius 2 is 2.24 bits per heavy atom. The third-order valence-corrected chi connectivity index (χ3v) is 4.75. The maximum atomic E-state index is 12.4. The lowest BCUT2D eigenvalue weighted by atomic mass is 10.2. The lowest BCUT2D eigenvalue weighted by molar-refractivity contribution is 0.0973. The third-order valence-electron chi connectivity index (χ3n) is 3.79. The Labute approximate surface area is 146 Å². The van der Waals surface area contributed by atoms with Gasteiger partial charge in [-0.25, -0.2) is 9.97 Å². The van der Waals surface area contributed by atoms with Crippen molar-refractivity contribution in [2.45, 2.75) is 25.7 Å². The second kappa shape index (κ2) is 6.65. The molecule has 10 heteroatoms. The molecule has 0 spiro atoms. The number of aromatic nitrogens is 7. The van der Waals surface area contributed by atoms with Gasteiger partial charge in [0.1, 0.15) is 5.01 Å². The molecule has 0 aliphatic carbocycles. The molecular formula is C15H16N8OS. The number of H-pyrrole nitrogens is 1. The average molecular weight is 356 g/mol. The summed E-state index contributed by atoms with van der Waals surface area (Å²) in [6.45, 7) is 0.633. The fourth-order valence-corrected chi connectivity index (χ4v) is 3.42. The van der Waals surface area contributed by atoms with Crippen molar-refractivity contribution >= 4 is 33.2 Å². The number of ketones is 1. The van der Waals surface area contributed by atoms with E-state index in [1.54, 1.807) is 16.8 Å². The molecule has 4 aromatic rings. The van der Waals surface area contributed by atoms with Gasteiger partial charge in [-0.3, -0.25) is 4.79 Å². The standard InChI is InChI=1S/C15H16N8OS/c16-7-1-4-12-22-23-11(20-21-15(23)25-12)6-5-10(24)14-18-9-3-2-8-17-13(9)19-14/h2-3,8H,1,4-7,16H2,(H,17,18,19). The predicted molar refractivity (Wildman–Crippen MR) is 92.6 cm³/mol. The number of hydrogen-bond acceptors (Lipinski definition) is 8. The van der Waals surface area contributed by atoms with Crippen molar-refractivity contribution in [1.82, 2.24) is 34.8 Å². The van der Waals surface area contributed by atoms with Crippen LogP contribution >= 0.6 is 11.3 Å². The molecule has 0 atom stereocenters. The Morgan fingerprint density at radius 1 is 1.32 bits per heavy atom. The van der Waals surface area contributed by atoms with Crippen LogP contribution < -0.4 is 5.73 Å². The SMILES string of the molecule is NCCCc1nn2c(CCC(=O)c3nc4ncccc4[nH]3)nnc2s1. The van der Waals surface area contributed by atoms with Crippen molar-refractivity contribution in [3.8, 4) is 0 Å². The summed E-state index contributed by atoms with van der Waals surface area (Å²) in [5.41, 5.74) is 6.82. The summed E-state index contributed by atoms with van der Waals surface area (Å²) in [5.74, 6) is 0.901. The zero-order valence-corrected chi connectivity index (χ0v) is 14.2. The number of carbonyl (C=O) groups is 1. The van der Waals surface area contributed by atoms with Crippen LogP contribution in [0.1, 0.15) is 34.3 Å². The molecule has 0 saturated heterocycles. The van der Waals surface area contributed by atoms with E-state index in [1.807, 2.05) is 6.07 Å². The Morgan fingerprint density at radius 3 is 3.08 bits per heavy atom. The maximum absolute atomic E-state index is 12.4. The van der Waals surface area contributed by atoms with Gasteiger partial charge in [-0.05, 0) is 25.1 Å². The lowest BCUT2D eigenvalue weighted by Crippen LogP contribution is -2.06. The molecule has 0 aliphatic heterocycles. The fourth-order valence-electron chi connectivity index (χ4n) is 2.53. The van der Waals surface area contributed by atoms with Gasteiger partial charge in [0.05, 0.1) is 5.52 Å². The summed E-state index contributed by atoms with van der Waals surface area (Å²) in [5, 5.41) is 13.7. The average Bonchev–Trinajstić information content (AvgIpc) is 3.31. The molecule has 0 aromatic carbocycles. The Balaban J connectivity index is 1.47. The van der Waals surface area contributed by atoms with Gasteiger partial charge in [-0.1, -0.05) is 11.3 Å². The minimum atomic E-state index is -0.0895. The van der Waals surface area contributed by atoms with Crippen molar-refractivity contribution in [1.29, 1.82) is 0 Å². The molecule has 9 nitrogen and oxygen atoms in total. The van der Waals surface area contributed by atoms with Gasteiger partial charge in [0, 0.05) is 25.5 Å². The molecule has 128 valence electrons. The molecule has 4 aromatic heterocycles. The summed E-state index contributed by atoms with van der Waals surface area (Å²) in [6.07, 6.45) is 4.09. The fraction of sp³-hybridized carbons (Fsp3) is 0.333. The first kappa shape index (κ1) is 15.8. The van der Waals surface area contributed by atoms with E-state index < -0.39 is 0 Å². The van der Waals surface area contributed by atoms with Gasteiger partial charge in [0.25, 0.3) is 0 Å². The van der Waals surface area contributed by atoms with Crippen LogP contribution in [0.5, 0.6) is 0 Å². The number of rotatable bonds is 7. The number of carbonyl (C=O) groups excluding carboxylic acids is 1. The van der Waals surface area contributed by atoms with E-state index in [0.717, 1.165) is 28.3 Å². The number of fused-ring (bicyclic) bond motifs is 2. The summed E-state index contributed by atoms with van der Waals surface area (Å²) in [4.78, 5) is 24.5. The van der Waals surface area contributed by atoms with E-state index in [2.05, 4.69) is 30.2 Å². The van der Waals surface area contributed by atoms with Gasteiger partial charge < -0.3 is 10.7 Å². The van der Waals surface area contributed by atoms with Gasteiger partial charge in [-0.2, -0.15) is 9.61 Å². The van der Waals surface area contributed by atoms with Crippen molar-refractivity contribution in [3.05, 3.63) is 35.0 Å². The van der Waals surface area contributed by atoms with Crippen LogP contribution in [0, 0.1) is 0 Å². The minimum absolute atomic E-state index is 0.0895. The Kier molecular flexibility index (Phi) is 4.20. The normalized spacial score (nSPS) is 11.6. The highest BCUT2D eigenvalue weighted by Crippen LogP contribution is 2.16. The third kappa shape index (κ3) is 3.13. The summed E-state index contributed by atoms with van der Waals surface area (Å²) < 4.78 is 1.71. The summed E-state index contributed by atoms with van der Waals surface area (Å²) in [6, 6.07) is 3.64. The monoisotopic (exact) mass is 356 g/mol. The maximum Gasteiger partial charge on any atom is 0.234 e. The van der Waals surface area contributed by atoms with Crippen molar-refractivity contribution < 1.29 is 4.79 Å². The van der Waals surface area contributed by atoms with Crippen LogP contribution in [-0.2, 0) is 12.8 Å². The van der Waals surface area contributed by atoms with Crippen LogP contribution in [0.2, 0.25) is 0 Å². The van der Waals surface area contributed by atoms with Crippen LogP contribution in [0.25, 0.3) is 16.1 Å². The second-order valence-corrected chi connectivity index (χ2v) is 6.62. The zero-order chi connectivity index (χ0) is 17.2. The molecule has 0 bridgehead atoms. The van der Waals surface area contributed by atoms with E-state index >= 15 is 0 Å². The molecule has 0 amide bonds. The largest absolute Gasteiger partial charge is 0.334 e. The van der Waals surface area contributed by atoms with Crippen molar-refractivity contribution in [2.75, 3.05) is 6.54 Å². The van der Waals surface area contributed by atoms with E-state index in [0.29, 0.717) is 30.3 Å².